The Hall–Kier alpha value is -0.870. The van der Waals surface area contributed by atoms with Crippen molar-refractivity contribution in [1.82, 2.24) is 15.1 Å². The first-order valence-electron chi connectivity index (χ1n) is 7.44. The molecule has 0 radical (unpaired) electrons. The summed E-state index contributed by atoms with van der Waals surface area (Å²) in [5, 5.41) is 17.1. The van der Waals surface area contributed by atoms with Gasteiger partial charge >= 0.3 is 0 Å². The molecule has 1 fully saturated rings. The molecule has 1 saturated heterocycles. The molecule has 4 nitrogen and oxygen atoms in total. The SMILES string of the molecule is CCCC1(CO)CCCN(Cc2c(C)n[nH]c2C)C1. The number of piperidine rings is 1. The summed E-state index contributed by atoms with van der Waals surface area (Å²) in [6, 6.07) is 0. The van der Waals surface area contributed by atoms with E-state index in [1.54, 1.807) is 0 Å². The van der Waals surface area contributed by atoms with Gasteiger partial charge in [0.2, 0.25) is 0 Å². The van der Waals surface area contributed by atoms with Crippen molar-refractivity contribution in [1.29, 1.82) is 0 Å². The van der Waals surface area contributed by atoms with Crippen LogP contribution in [0.2, 0.25) is 0 Å². The summed E-state index contributed by atoms with van der Waals surface area (Å²) in [6.45, 7) is 9.79. The van der Waals surface area contributed by atoms with Gasteiger partial charge in [-0.05, 0) is 39.7 Å². The number of rotatable bonds is 5. The molecule has 1 atom stereocenters. The van der Waals surface area contributed by atoms with Gasteiger partial charge in [0.05, 0.1) is 5.69 Å². The van der Waals surface area contributed by atoms with Crippen LogP contribution in [0.3, 0.4) is 0 Å². The summed E-state index contributed by atoms with van der Waals surface area (Å²) in [4.78, 5) is 2.49. The molecule has 0 amide bonds. The molecule has 1 aromatic heterocycles. The number of aliphatic hydroxyl groups excluding tert-OH is 1. The van der Waals surface area contributed by atoms with E-state index >= 15 is 0 Å². The highest BCUT2D eigenvalue weighted by molar-refractivity contribution is 5.23. The third-order valence-electron chi connectivity index (χ3n) is 4.52. The number of aryl methyl sites for hydroxylation is 2. The number of aromatic nitrogens is 2. The summed E-state index contributed by atoms with van der Waals surface area (Å²) in [5.74, 6) is 0. The van der Waals surface area contributed by atoms with Crippen molar-refractivity contribution in [3.63, 3.8) is 0 Å². The van der Waals surface area contributed by atoms with Gasteiger partial charge in [0.1, 0.15) is 0 Å². The molecule has 0 saturated carbocycles. The topological polar surface area (TPSA) is 52.1 Å². The highest BCUT2D eigenvalue weighted by Gasteiger charge is 2.34. The van der Waals surface area contributed by atoms with Crippen molar-refractivity contribution in [3.8, 4) is 0 Å². The molecule has 108 valence electrons. The van der Waals surface area contributed by atoms with Gasteiger partial charge in [-0.25, -0.2) is 0 Å². The van der Waals surface area contributed by atoms with Crippen molar-refractivity contribution in [3.05, 3.63) is 17.0 Å². The Labute approximate surface area is 116 Å². The molecule has 1 aliphatic rings. The van der Waals surface area contributed by atoms with Crippen LogP contribution < -0.4 is 0 Å². The molecule has 2 heterocycles. The maximum atomic E-state index is 9.78. The number of nitrogens with zero attached hydrogens (tertiary/aromatic N) is 2. The Bertz CT molecular complexity index is 392. The first-order valence-corrected chi connectivity index (χ1v) is 7.44. The minimum Gasteiger partial charge on any atom is -0.396 e. The Morgan fingerprint density at radius 1 is 1.42 bits per heavy atom. The Kier molecular flexibility index (Phi) is 4.63. The fourth-order valence-corrected chi connectivity index (χ4v) is 3.42. The molecule has 1 aromatic rings. The van der Waals surface area contributed by atoms with E-state index in [-0.39, 0.29) is 5.41 Å². The lowest BCUT2D eigenvalue weighted by molar-refractivity contribution is 0.0215. The van der Waals surface area contributed by atoms with Gasteiger partial charge in [0.15, 0.2) is 0 Å². The van der Waals surface area contributed by atoms with Crippen LogP contribution in [-0.2, 0) is 6.54 Å². The van der Waals surface area contributed by atoms with Gasteiger partial charge in [0, 0.05) is 36.4 Å². The number of H-pyrrole nitrogens is 1. The molecular formula is C15H27N3O. The number of likely N-dealkylation sites (tertiary alicyclic amines) is 1. The maximum Gasteiger partial charge on any atom is 0.0639 e. The largest absolute Gasteiger partial charge is 0.396 e. The molecule has 2 N–H and O–H groups in total. The molecule has 2 rings (SSSR count). The van der Waals surface area contributed by atoms with Gasteiger partial charge in [-0.15, -0.1) is 0 Å². The van der Waals surface area contributed by atoms with Gasteiger partial charge < -0.3 is 5.11 Å². The molecule has 4 heteroatoms. The smallest absolute Gasteiger partial charge is 0.0639 e. The first kappa shape index (κ1) is 14.5. The van der Waals surface area contributed by atoms with Crippen LogP contribution in [0.15, 0.2) is 0 Å². The highest BCUT2D eigenvalue weighted by Crippen LogP contribution is 2.35. The van der Waals surface area contributed by atoms with E-state index in [1.165, 1.54) is 17.7 Å². The predicted molar refractivity (Wildman–Crippen MR) is 77.0 cm³/mol. The highest BCUT2D eigenvalue weighted by atomic mass is 16.3. The van der Waals surface area contributed by atoms with Crippen LogP contribution in [0.1, 0.15) is 49.6 Å². The zero-order valence-corrected chi connectivity index (χ0v) is 12.5. The van der Waals surface area contributed by atoms with Gasteiger partial charge in [-0.2, -0.15) is 5.10 Å². The van der Waals surface area contributed by atoms with Crippen LogP contribution in [0, 0.1) is 19.3 Å². The Morgan fingerprint density at radius 3 is 2.79 bits per heavy atom. The number of nitrogens with one attached hydrogen (secondary N) is 1. The number of hydrogen-bond donors (Lipinski definition) is 2. The minimum atomic E-state index is 0.124. The van der Waals surface area contributed by atoms with E-state index in [2.05, 4.69) is 35.9 Å². The zero-order chi connectivity index (χ0) is 13.9. The fraction of sp³-hybridized carbons (Fsp3) is 0.800. The quantitative estimate of drug-likeness (QED) is 0.859. The van der Waals surface area contributed by atoms with E-state index in [1.807, 2.05) is 0 Å². The lowest BCUT2D eigenvalue weighted by Gasteiger charge is -2.42. The second-order valence-electron chi connectivity index (χ2n) is 6.13. The van der Waals surface area contributed by atoms with Crippen LogP contribution in [0.4, 0.5) is 0 Å². The molecule has 0 aromatic carbocycles. The van der Waals surface area contributed by atoms with Gasteiger partial charge in [-0.1, -0.05) is 13.3 Å². The van der Waals surface area contributed by atoms with Crippen molar-refractivity contribution >= 4 is 0 Å². The third kappa shape index (κ3) is 3.18. The van der Waals surface area contributed by atoms with Crippen molar-refractivity contribution in [2.75, 3.05) is 19.7 Å². The van der Waals surface area contributed by atoms with E-state index in [4.69, 9.17) is 0 Å². The monoisotopic (exact) mass is 265 g/mol. The molecule has 0 spiro atoms. The average Bonchev–Trinajstić information content (AvgIpc) is 2.71. The van der Waals surface area contributed by atoms with E-state index in [0.29, 0.717) is 6.61 Å². The van der Waals surface area contributed by atoms with Crippen LogP contribution >= 0.6 is 0 Å². The molecule has 0 bridgehead atoms. The predicted octanol–water partition coefficient (Wildman–Crippen LogP) is 2.40. The summed E-state index contributed by atoms with van der Waals surface area (Å²) in [6.07, 6.45) is 4.63. The molecular weight excluding hydrogens is 238 g/mol. The average molecular weight is 265 g/mol. The van der Waals surface area contributed by atoms with Gasteiger partial charge in [0.25, 0.3) is 0 Å². The maximum absolute atomic E-state index is 9.78. The lowest BCUT2D eigenvalue weighted by atomic mass is 9.77. The number of aromatic amines is 1. The summed E-state index contributed by atoms with van der Waals surface area (Å²) >= 11 is 0. The van der Waals surface area contributed by atoms with E-state index in [9.17, 15) is 5.11 Å². The summed E-state index contributed by atoms with van der Waals surface area (Å²) in [5.41, 5.74) is 3.73. The van der Waals surface area contributed by atoms with Crippen LogP contribution in [0.5, 0.6) is 0 Å². The molecule has 1 unspecified atom stereocenters. The summed E-state index contributed by atoms with van der Waals surface area (Å²) < 4.78 is 0. The summed E-state index contributed by atoms with van der Waals surface area (Å²) in [7, 11) is 0. The lowest BCUT2D eigenvalue weighted by Crippen LogP contribution is -2.45. The number of aliphatic hydroxyl groups is 1. The van der Waals surface area contributed by atoms with Crippen molar-refractivity contribution < 1.29 is 5.11 Å². The minimum absolute atomic E-state index is 0.124. The third-order valence-corrected chi connectivity index (χ3v) is 4.52. The Balaban J connectivity index is 2.05. The van der Waals surface area contributed by atoms with Crippen LogP contribution in [0.25, 0.3) is 0 Å². The van der Waals surface area contributed by atoms with Crippen LogP contribution in [-0.4, -0.2) is 39.9 Å². The first-order chi connectivity index (χ1) is 9.10. The standard InChI is InChI=1S/C15H27N3O/c1-4-6-15(11-19)7-5-8-18(10-15)9-14-12(2)16-17-13(14)3/h19H,4-11H2,1-3H3,(H,16,17). The second-order valence-corrected chi connectivity index (χ2v) is 6.13. The Morgan fingerprint density at radius 2 is 2.21 bits per heavy atom. The molecule has 1 aliphatic heterocycles. The van der Waals surface area contributed by atoms with Gasteiger partial charge in [-0.3, -0.25) is 10.00 Å². The molecule has 0 aliphatic carbocycles. The number of hydrogen-bond acceptors (Lipinski definition) is 3. The van der Waals surface area contributed by atoms with E-state index < -0.39 is 0 Å². The normalized spacial score (nSPS) is 24.8. The molecule has 19 heavy (non-hydrogen) atoms. The van der Waals surface area contributed by atoms with E-state index in [0.717, 1.165) is 44.6 Å². The zero-order valence-electron chi connectivity index (χ0n) is 12.5. The second kappa shape index (κ2) is 6.06. The van der Waals surface area contributed by atoms with Crippen molar-refractivity contribution in [2.24, 2.45) is 5.41 Å². The van der Waals surface area contributed by atoms with Crippen molar-refractivity contribution in [2.45, 2.75) is 53.0 Å². The fourth-order valence-electron chi connectivity index (χ4n) is 3.42.